The van der Waals surface area contributed by atoms with Gasteiger partial charge < -0.3 is 15.0 Å². The fraction of sp³-hybridized carbons (Fsp3) is 0.333. The lowest BCUT2D eigenvalue weighted by atomic mass is 10.1. The molecule has 1 aromatic carbocycles. The summed E-state index contributed by atoms with van der Waals surface area (Å²) >= 11 is 6.27. The molecule has 1 fully saturated rings. The molecule has 2 heterocycles. The van der Waals surface area contributed by atoms with Gasteiger partial charge in [0.15, 0.2) is 0 Å². The van der Waals surface area contributed by atoms with E-state index in [1.807, 2.05) is 0 Å². The number of aromatic amines is 1. The van der Waals surface area contributed by atoms with Gasteiger partial charge in [-0.2, -0.15) is 0 Å². The van der Waals surface area contributed by atoms with Crippen LogP contribution in [0, 0.1) is 17.7 Å². The van der Waals surface area contributed by atoms with Gasteiger partial charge in [-0.25, -0.2) is 14.4 Å². The third-order valence-corrected chi connectivity index (χ3v) is 5.64. The van der Waals surface area contributed by atoms with Crippen LogP contribution in [-0.4, -0.2) is 27.5 Å². The topological polar surface area (TPSA) is 97.0 Å². The van der Waals surface area contributed by atoms with Crippen molar-refractivity contribution in [2.75, 3.05) is 6.61 Å². The Hall–Kier alpha value is -3.26. The number of hydrogen-bond acceptors (Lipinski definition) is 5. The Kier molecular flexibility index (Phi) is 6.74. The van der Waals surface area contributed by atoms with E-state index in [1.165, 1.54) is 31.0 Å². The summed E-state index contributed by atoms with van der Waals surface area (Å²) < 4.78 is 21.0. The molecular weight excluding hydrogens is 447 g/mol. The summed E-state index contributed by atoms with van der Waals surface area (Å²) in [5.41, 5.74) is 0.638. The van der Waals surface area contributed by atoms with Gasteiger partial charge in [-0.1, -0.05) is 31.5 Å². The van der Waals surface area contributed by atoms with Crippen LogP contribution >= 0.6 is 11.6 Å². The fourth-order valence-electron chi connectivity index (χ4n) is 3.16. The Morgan fingerprint density at radius 1 is 1.30 bits per heavy atom. The Balaban J connectivity index is 1.62. The highest BCUT2D eigenvalue weighted by atomic mass is 35.5. The molecule has 3 aromatic rings. The standard InChI is InChI=1S/C24H24ClFN4O3/c1-13(2)24(32)28-11-16-5-7-17(25)21(22(16)26)23-29-18(9-19(31)30-23)15-6-8-20(27-10-15)33-12-14-3-4-14/h5-10,13-14H,3-4,11-12H2,1-2H3,(H,28,32)(H,29,30,31). The summed E-state index contributed by atoms with van der Waals surface area (Å²) in [5.74, 6) is 0.0171. The fourth-order valence-corrected chi connectivity index (χ4v) is 3.40. The number of carbonyl (C=O) groups is 1. The molecule has 0 radical (unpaired) electrons. The van der Waals surface area contributed by atoms with E-state index in [2.05, 4.69) is 20.3 Å². The number of aromatic nitrogens is 3. The third-order valence-electron chi connectivity index (χ3n) is 5.32. The van der Waals surface area contributed by atoms with Gasteiger partial charge in [0.1, 0.15) is 11.6 Å². The first kappa shape index (κ1) is 22.9. The molecule has 0 aliphatic heterocycles. The van der Waals surface area contributed by atoms with Gasteiger partial charge in [0.25, 0.3) is 5.56 Å². The third kappa shape index (κ3) is 5.57. The Bertz CT molecular complexity index is 1220. The molecule has 1 aliphatic rings. The van der Waals surface area contributed by atoms with Crippen molar-refractivity contribution in [3.8, 4) is 28.5 Å². The Labute approximate surface area is 195 Å². The van der Waals surface area contributed by atoms with Crippen LogP contribution in [0.2, 0.25) is 5.02 Å². The number of nitrogens with zero attached hydrogens (tertiary/aromatic N) is 2. The van der Waals surface area contributed by atoms with E-state index in [0.717, 1.165) is 0 Å². The van der Waals surface area contributed by atoms with Crippen molar-refractivity contribution in [1.29, 1.82) is 0 Å². The van der Waals surface area contributed by atoms with E-state index in [4.69, 9.17) is 16.3 Å². The van der Waals surface area contributed by atoms with Gasteiger partial charge in [-0.05, 0) is 30.9 Å². The van der Waals surface area contributed by atoms with E-state index in [1.54, 1.807) is 32.2 Å². The lowest BCUT2D eigenvalue weighted by Gasteiger charge is -2.13. The summed E-state index contributed by atoms with van der Waals surface area (Å²) in [6.45, 7) is 4.13. The monoisotopic (exact) mass is 470 g/mol. The second kappa shape index (κ2) is 9.70. The highest BCUT2D eigenvalue weighted by Crippen LogP contribution is 2.32. The summed E-state index contributed by atoms with van der Waals surface area (Å²) in [6.07, 6.45) is 3.92. The van der Waals surface area contributed by atoms with Gasteiger partial charge in [0.2, 0.25) is 11.8 Å². The molecule has 1 saturated carbocycles. The van der Waals surface area contributed by atoms with Gasteiger partial charge in [-0.15, -0.1) is 0 Å². The van der Waals surface area contributed by atoms with Crippen molar-refractivity contribution in [3.63, 3.8) is 0 Å². The molecule has 0 atom stereocenters. The SMILES string of the molecule is CC(C)C(=O)NCc1ccc(Cl)c(-c2nc(-c3ccc(OCC4CC4)nc3)cc(=O)[nH]2)c1F. The van der Waals surface area contributed by atoms with Gasteiger partial charge in [0, 0.05) is 41.9 Å². The first-order valence-corrected chi connectivity index (χ1v) is 11.1. The lowest BCUT2D eigenvalue weighted by Crippen LogP contribution is -2.27. The van der Waals surface area contributed by atoms with E-state index in [-0.39, 0.29) is 40.3 Å². The largest absolute Gasteiger partial charge is 0.477 e. The zero-order valence-corrected chi connectivity index (χ0v) is 19.1. The van der Waals surface area contributed by atoms with Crippen LogP contribution in [0.3, 0.4) is 0 Å². The maximum Gasteiger partial charge on any atom is 0.251 e. The first-order chi connectivity index (χ1) is 15.8. The molecule has 1 aliphatic carbocycles. The molecular formula is C24H24ClFN4O3. The number of benzene rings is 1. The number of pyridine rings is 1. The summed E-state index contributed by atoms with van der Waals surface area (Å²) in [6, 6.07) is 7.78. The van der Waals surface area contributed by atoms with Crippen molar-refractivity contribution >= 4 is 17.5 Å². The van der Waals surface area contributed by atoms with Crippen molar-refractivity contribution in [2.45, 2.75) is 33.2 Å². The van der Waals surface area contributed by atoms with Crippen LogP contribution in [0.1, 0.15) is 32.3 Å². The quantitative estimate of drug-likeness (QED) is 0.510. The highest BCUT2D eigenvalue weighted by molar-refractivity contribution is 6.33. The van der Waals surface area contributed by atoms with Crippen molar-refractivity contribution < 1.29 is 13.9 Å². The average molecular weight is 471 g/mol. The molecule has 4 rings (SSSR count). The second-order valence-electron chi connectivity index (χ2n) is 8.39. The number of amides is 1. The molecule has 9 heteroatoms. The summed E-state index contributed by atoms with van der Waals surface area (Å²) in [4.78, 5) is 35.5. The number of H-pyrrole nitrogens is 1. The average Bonchev–Trinajstić information content (AvgIpc) is 3.61. The zero-order valence-electron chi connectivity index (χ0n) is 18.3. The first-order valence-electron chi connectivity index (χ1n) is 10.8. The van der Waals surface area contributed by atoms with Crippen molar-refractivity contribution in [1.82, 2.24) is 20.3 Å². The predicted octanol–water partition coefficient (Wildman–Crippen LogP) is 4.35. The smallest absolute Gasteiger partial charge is 0.251 e. The molecule has 0 unspecified atom stereocenters. The lowest BCUT2D eigenvalue weighted by molar-refractivity contribution is -0.124. The minimum atomic E-state index is -0.659. The minimum Gasteiger partial charge on any atom is -0.477 e. The molecule has 0 spiro atoms. The molecule has 2 aromatic heterocycles. The molecule has 0 bridgehead atoms. The Morgan fingerprint density at radius 2 is 2.09 bits per heavy atom. The predicted molar refractivity (Wildman–Crippen MR) is 123 cm³/mol. The zero-order chi connectivity index (χ0) is 23.5. The van der Waals surface area contributed by atoms with Crippen LogP contribution in [-0.2, 0) is 11.3 Å². The van der Waals surface area contributed by atoms with E-state index < -0.39 is 11.4 Å². The number of halogens is 2. The van der Waals surface area contributed by atoms with Gasteiger partial charge in [0.05, 0.1) is 22.9 Å². The summed E-state index contributed by atoms with van der Waals surface area (Å²) in [7, 11) is 0. The molecule has 1 amide bonds. The van der Waals surface area contributed by atoms with Crippen LogP contribution in [0.15, 0.2) is 41.3 Å². The number of hydrogen-bond donors (Lipinski definition) is 2. The molecule has 33 heavy (non-hydrogen) atoms. The molecule has 2 N–H and O–H groups in total. The molecule has 0 saturated heterocycles. The number of nitrogens with one attached hydrogen (secondary N) is 2. The van der Waals surface area contributed by atoms with Gasteiger partial charge in [-0.3, -0.25) is 9.59 Å². The van der Waals surface area contributed by atoms with E-state index >= 15 is 4.39 Å². The van der Waals surface area contributed by atoms with Crippen LogP contribution in [0.5, 0.6) is 5.88 Å². The van der Waals surface area contributed by atoms with Crippen LogP contribution < -0.4 is 15.6 Å². The molecule has 172 valence electrons. The number of ether oxygens (including phenoxy) is 1. The van der Waals surface area contributed by atoms with Crippen LogP contribution in [0.4, 0.5) is 4.39 Å². The van der Waals surface area contributed by atoms with Gasteiger partial charge >= 0.3 is 0 Å². The van der Waals surface area contributed by atoms with Crippen molar-refractivity contribution in [2.24, 2.45) is 11.8 Å². The summed E-state index contributed by atoms with van der Waals surface area (Å²) in [5, 5.41) is 2.77. The normalized spacial score (nSPS) is 13.2. The molecule has 7 nitrogen and oxygen atoms in total. The van der Waals surface area contributed by atoms with Crippen LogP contribution in [0.25, 0.3) is 22.6 Å². The minimum absolute atomic E-state index is 0.00824. The highest BCUT2D eigenvalue weighted by Gasteiger charge is 2.22. The number of carbonyl (C=O) groups excluding carboxylic acids is 1. The van der Waals surface area contributed by atoms with Crippen molar-refractivity contribution in [3.05, 3.63) is 63.3 Å². The van der Waals surface area contributed by atoms with E-state index in [0.29, 0.717) is 29.7 Å². The second-order valence-corrected chi connectivity index (χ2v) is 8.79. The Morgan fingerprint density at radius 3 is 2.76 bits per heavy atom. The number of rotatable bonds is 8. The maximum absolute atomic E-state index is 15.3. The maximum atomic E-state index is 15.3. The van der Waals surface area contributed by atoms with E-state index in [9.17, 15) is 9.59 Å².